The smallest absolute Gasteiger partial charge is 0.317 e. The fourth-order valence-corrected chi connectivity index (χ4v) is 3.05. The molecule has 2 aromatic carbocycles. The van der Waals surface area contributed by atoms with E-state index in [0.717, 1.165) is 44.8 Å². The molecular formula is C21H27N3O2. The van der Waals surface area contributed by atoms with Crippen LogP contribution in [0.3, 0.4) is 0 Å². The molecule has 0 aromatic heterocycles. The van der Waals surface area contributed by atoms with Gasteiger partial charge in [0.05, 0.1) is 6.61 Å². The summed E-state index contributed by atoms with van der Waals surface area (Å²) in [7, 11) is 0. The zero-order valence-corrected chi connectivity index (χ0v) is 15.1. The molecule has 0 bridgehead atoms. The van der Waals surface area contributed by atoms with Crippen LogP contribution < -0.4 is 15.0 Å². The van der Waals surface area contributed by atoms with E-state index in [2.05, 4.69) is 34.5 Å². The molecule has 0 saturated carbocycles. The van der Waals surface area contributed by atoms with Gasteiger partial charge in [-0.15, -0.1) is 0 Å². The van der Waals surface area contributed by atoms with Crippen molar-refractivity contribution in [1.29, 1.82) is 0 Å². The highest BCUT2D eigenvalue weighted by atomic mass is 16.5. The molecule has 3 rings (SSSR count). The quantitative estimate of drug-likeness (QED) is 0.776. The van der Waals surface area contributed by atoms with Crippen LogP contribution in [0.15, 0.2) is 60.7 Å². The van der Waals surface area contributed by atoms with Crippen molar-refractivity contribution in [2.45, 2.75) is 12.8 Å². The molecule has 1 aliphatic heterocycles. The molecule has 5 heteroatoms. The van der Waals surface area contributed by atoms with E-state index >= 15 is 0 Å². The predicted molar refractivity (Wildman–Crippen MR) is 105 cm³/mol. The Labute approximate surface area is 155 Å². The van der Waals surface area contributed by atoms with Crippen molar-refractivity contribution in [2.24, 2.45) is 0 Å². The van der Waals surface area contributed by atoms with Gasteiger partial charge in [-0.25, -0.2) is 4.79 Å². The minimum absolute atomic E-state index is 0.0432. The van der Waals surface area contributed by atoms with Gasteiger partial charge < -0.3 is 19.9 Å². The largest absolute Gasteiger partial charge is 0.494 e. The summed E-state index contributed by atoms with van der Waals surface area (Å²) in [6.07, 6.45) is 1.85. The molecule has 1 saturated heterocycles. The molecule has 1 fully saturated rings. The van der Waals surface area contributed by atoms with Crippen molar-refractivity contribution in [2.75, 3.05) is 44.2 Å². The van der Waals surface area contributed by atoms with Crippen LogP contribution in [0.4, 0.5) is 10.5 Å². The van der Waals surface area contributed by atoms with Crippen molar-refractivity contribution in [3.05, 3.63) is 60.7 Å². The number of hydrogen-bond acceptors (Lipinski definition) is 3. The van der Waals surface area contributed by atoms with Crippen LogP contribution in [0, 0.1) is 0 Å². The Morgan fingerprint density at radius 2 is 1.54 bits per heavy atom. The SMILES string of the molecule is O=C(NCCCCOc1ccccc1)N1CCN(c2ccccc2)CC1. The fourth-order valence-electron chi connectivity index (χ4n) is 3.05. The molecule has 0 aliphatic carbocycles. The third kappa shape index (κ3) is 5.41. The zero-order chi connectivity index (χ0) is 18.0. The third-order valence-corrected chi connectivity index (χ3v) is 4.55. The van der Waals surface area contributed by atoms with Crippen molar-refractivity contribution in [1.82, 2.24) is 10.2 Å². The maximum absolute atomic E-state index is 12.3. The van der Waals surface area contributed by atoms with E-state index in [4.69, 9.17) is 4.74 Å². The molecule has 0 atom stereocenters. The standard InChI is InChI=1S/C21H27N3O2/c25-21(22-13-7-8-18-26-20-11-5-2-6-12-20)24-16-14-23(15-17-24)19-9-3-1-4-10-19/h1-6,9-12H,7-8,13-18H2,(H,22,25). The molecule has 2 amide bonds. The van der Waals surface area contributed by atoms with Gasteiger partial charge in [0.2, 0.25) is 0 Å². The normalized spacial score (nSPS) is 14.2. The lowest BCUT2D eigenvalue weighted by Gasteiger charge is -2.36. The summed E-state index contributed by atoms with van der Waals surface area (Å²) in [4.78, 5) is 16.5. The number of hydrogen-bond donors (Lipinski definition) is 1. The second-order valence-electron chi connectivity index (χ2n) is 6.41. The highest BCUT2D eigenvalue weighted by molar-refractivity contribution is 5.74. The summed E-state index contributed by atoms with van der Waals surface area (Å²) >= 11 is 0. The lowest BCUT2D eigenvalue weighted by atomic mass is 10.2. The molecule has 1 heterocycles. The lowest BCUT2D eigenvalue weighted by molar-refractivity contribution is 0.194. The number of piperazine rings is 1. The number of carbonyl (C=O) groups is 1. The number of nitrogens with zero attached hydrogens (tertiary/aromatic N) is 2. The Balaban J connectivity index is 1.27. The van der Waals surface area contributed by atoms with Crippen molar-refractivity contribution in [3.8, 4) is 5.75 Å². The average molecular weight is 353 g/mol. The van der Waals surface area contributed by atoms with E-state index in [1.807, 2.05) is 41.3 Å². The molecular weight excluding hydrogens is 326 g/mol. The highest BCUT2D eigenvalue weighted by Gasteiger charge is 2.20. The van der Waals surface area contributed by atoms with Crippen LogP contribution in [0.5, 0.6) is 5.75 Å². The maximum Gasteiger partial charge on any atom is 0.317 e. The Bertz CT molecular complexity index is 655. The van der Waals surface area contributed by atoms with Crippen molar-refractivity contribution in [3.63, 3.8) is 0 Å². The predicted octanol–water partition coefficient (Wildman–Crippen LogP) is 3.38. The molecule has 1 N–H and O–H groups in total. The maximum atomic E-state index is 12.3. The average Bonchev–Trinajstić information content (AvgIpc) is 2.72. The monoisotopic (exact) mass is 353 g/mol. The molecule has 0 unspecified atom stereocenters. The van der Waals surface area contributed by atoms with Crippen LogP contribution in [-0.2, 0) is 0 Å². The fraction of sp³-hybridized carbons (Fsp3) is 0.381. The molecule has 0 radical (unpaired) electrons. The van der Waals surface area contributed by atoms with E-state index in [0.29, 0.717) is 13.2 Å². The third-order valence-electron chi connectivity index (χ3n) is 4.55. The summed E-state index contributed by atoms with van der Waals surface area (Å²) in [6, 6.07) is 20.2. The van der Waals surface area contributed by atoms with Crippen LogP contribution >= 0.6 is 0 Å². The molecule has 5 nitrogen and oxygen atoms in total. The molecule has 1 aliphatic rings. The Morgan fingerprint density at radius 1 is 0.885 bits per heavy atom. The van der Waals surface area contributed by atoms with E-state index in [-0.39, 0.29) is 6.03 Å². The van der Waals surface area contributed by atoms with Crippen LogP contribution in [0.25, 0.3) is 0 Å². The number of urea groups is 1. The first-order valence-corrected chi connectivity index (χ1v) is 9.33. The van der Waals surface area contributed by atoms with Gasteiger partial charge >= 0.3 is 6.03 Å². The van der Waals surface area contributed by atoms with Crippen molar-refractivity contribution < 1.29 is 9.53 Å². The van der Waals surface area contributed by atoms with Gasteiger partial charge in [0.15, 0.2) is 0 Å². The highest BCUT2D eigenvalue weighted by Crippen LogP contribution is 2.15. The summed E-state index contributed by atoms with van der Waals surface area (Å²) in [5.41, 5.74) is 1.23. The number of carbonyl (C=O) groups excluding carboxylic acids is 1. The molecule has 2 aromatic rings. The first kappa shape index (κ1) is 18.1. The number of rotatable bonds is 7. The van der Waals surface area contributed by atoms with Crippen molar-refractivity contribution >= 4 is 11.7 Å². The molecule has 0 spiro atoms. The first-order valence-electron chi connectivity index (χ1n) is 9.33. The molecule has 138 valence electrons. The minimum Gasteiger partial charge on any atom is -0.494 e. The summed E-state index contributed by atoms with van der Waals surface area (Å²) in [6.45, 7) is 4.64. The van der Waals surface area contributed by atoms with E-state index in [1.54, 1.807) is 0 Å². The summed E-state index contributed by atoms with van der Waals surface area (Å²) in [5, 5.41) is 3.02. The first-order chi connectivity index (χ1) is 12.8. The van der Waals surface area contributed by atoms with Gasteiger partial charge in [-0.3, -0.25) is 0 Å². The lowest BCUT2D eigenvalue weighted by Crippen LogP contribution is -2.52. The van der Waals surface area contributed by atoms with Gasteiger partial charge in [-0.2, -0.15) is 0 Å². The zero-order valence-electron chi connectivity index (χ0n) is 15.1. The Morgan fingerprint density at radius 3 is 2.23 bits per heavy atom. The van der Waals surface area contributed by atoms with Gasteiger partial charge in [-0.05, 0) is 37.1 Å². The van der Waals surface area contributed by atoms with Crippen LogP contribution in [-0.4, -0.2) is 50.3 Å². The number of unbranched alkanes of at least 4 members (excludes halogenated alkanes) is 1. The summed E-state index contributed by atoms with van der Waals surface area (Å²) < 4.78 is 5.65. The number of para-hydroxylation sites is 2. The Hall–Kier alpha value is -2.69. The Kier molecular flexibility index (Phi) is 6.76. The van der Waals surface area contributed by atoms with Gasteiger partial charge in [0.1, 0.15) is 5.75 Å². The topological polar surface area (TPSA) is 44.8 Å². The van der Waals surface area contributed by atoms with Gasteiger partial charge in [0, 0.05) is 38.4 Å². The van der Waals surface area contributed by atoms with E-state index in [1.165, 1.54) is 5.69 Å². The van der Waals surface area contributed by atoms with Gasteiger partial charge in [-0.1, -0.05) is 36.4 Å². The number of nitrogens with one attached hydrogen (secondary N) is 1. The number of amides is 2. The minimum atomic E-state index is 0.0432. The molecule has 26 heavy (non-hydrogen) atoms. The number of ether oxygens (including phenoxy) is 1. The second kappa shape index (κ2) is 9.70. The van der Waals surface area contributed by atoms with E-state index in [9.17, 15) is 4.79 Å². The number of benzene rings is 2. The van der Waals surface area contributed by atoms with Crippen LogP contribution in [0.1, 0.15) is 12.8 Å². The van der Waals surface area contributed by atoms with Gasteiger partial charge in [0.25, 0.3) is 0 Å². The van der Waals surface area contributed by atoms with Crippen LogP contribution in [0.2, 0.25) is 0 Å². The second-order valence-corrected chi connectivity index (χ2v) is 6.41. The summed E-state index contributed by atoms with van der Waals surface area (Å²) in [5.74, 6) is 0.896. The van der Waals surface area contributed by atoms with E-state index < -0.39 is 0 Å². The number of anilines is 1.